The van der Waals surface area contributed by atoms with Crippen molar-refractivity contribution in [1.82, 2.24) is 5.32 Å². The molecule has 2 aromatic rings. The van der Waals surface area contributed by atoms with Crippen LogP contribution in [0.5, 0.6) is 5.75 Å². The highest BCUT2D eigenvalue weighted by molar-refractivity contribution is 6.30. The molecule has 0 spiro atoms. The number of fused-ring (bicyclic) bond motifs is 1. The first-order valence-corrected chi connectivity index (χ1v) is 10.3. The molecule has 0 radical (unpaired) electrons. The van der Waals surface area contributed by atoms with Gasteiger partial charge in [0, 0.05) is 5.02 Å². The van der Waals surface area contributed by atoms with Gasteiger partial charge in [-0.15, -0.1) is 0 Å². The Morgan fingerprint density at radius 1 is 1.07 bits per heavy atom. The van der Waals surface area contributed by atoms with Gasteiger partial charge >= 0.3 is 0 Å². The van der Waals surface area contributed by atoms with Crippen LogP contribution in [0, 0.1) is 0 Å². The van der Waals surface area contributed by atoms with Crippen LogP contribution in [-0.2, 0) is 17.6 Å². The first-order valence-electron chi connectivity index (χ1n) is 9.95. The van der Waals surface area contributed by atoms with Gasteiger partial charge in [-0.1, -0.05) is 49.7 Å². The van der Waals surface area contributed by atoms with E-state index >= 15 is 0 Å². The summed E-state index contributed by atoms with van der Waals surface area (Å²) in [6.07, 6.45) is 5.75. The van der Waals surface area contributed by atoms with Crippen LogP contribution in [0.15, 0.2) is 42.5 Å². The van der Waals surface area contributed by atoms with Gasteiger partial charge in [0.2, 0.25) is 0 Å². The third-order valence-electron chi connectivity index (χ3n) is 5.24. The van der Waals surface area contributed by atoms with Crippen molar-refractivity contribution in [2.24, 2.45) is 0 Å². The van der Waals surface area contributed by atoms with Gasteiger partial charge in [-0.2, -0.15) is 0 Å². The number of nitrogens with one attached hydrogen (secondary N) is 1. The molecule has 0 saturated heterocycles. The summed E-state index contributed by atoms with van der Waals surface area (Å²) in [5.41, 5.74) is 4.08. The number of hydrogen-bond acceptors (Lipinski definition) is 2. The van der Waals surface area contributed by atoms with Gasteiger partial charge in [0.05, 0.1) is 6.04 Å². The van der Waals surface area contributed by atoms with Crippen molar-refractivity contribution in [3.8, 4) is 5.75 Å². The average molecular weight is 386 g/mol. The molecule has 4 heteroatoms. The second-order valence-corrected chi connectivity index (χ2v) is 7.61. The predicted octanol–water partition coefficient (Wildman–Crippen LogP) is 5.64. The number of carbonyl (C=O) groups excluding carboxylic acids is 1. The quantitative estimate of drug-likeness (QED) is 0.669. The largest absolute Gasteiger partial charge is 0.481 e. The van der Waals surface area contributed by atoms with Crippen LogP contribution in [0.3, 0.4) is 0 Å². The van der Waals surface area contributed by atoms with Crippen LogP contribution in [0.1, 0.15) is 62.3 Å². The summed E-state index contributed by atoms with van der Waals surface area (Å²) in [5, 5.41) is 3.78. The SMILES string of the molecule is CC[C@@H](Oc1cccc(Cl)c1)C(=O)N[C@H](CC)c1ccc2c(c1)CCCC2. The van der Waals surface area contributed by atoms with E-state index in [-0.39, 0.29) is 11.9 Å². The molecular weight excluding hydrogens is 358 g/mol. The Morgan fingerprint density at radius 2 is 1.85 bits per heavy atom. The van der Waals surface area contributed by atoms with Crippen LogP contribution in [-0.4, -0.2) is 12.0 Å². The maximum Gasteiger partial charge on any atom is 0.261 e. The Hall–Kier alpha value is -2.00. The van der Waals surface area contributed by atoms with Crippen molar-refractivity contribution in [3.05, 3.63) is 64.2 Å². The zero-order valence-corrected chi connectivity index (χ0v) is 16.9. The summed E-state index contributed by atoms with van der Waals surface area (Å²) in [6.45, 7) is 4.05. The molecule has 0 heterocycles. The number of aryl methyl sites for hydroxylation is 2. The van der Waals surface area contributed by atoms with E-state index < -0.39 is 6.10 Å². The van der Waals surface area contributed by atoms with E-state index in [0.717, 1.165) is 12.8 Å². The first-order chi connectivity index (χ1) is 13.1. The lowest BCUT2D eigenvalue weighted by Gasteiger charge is -2.24. The lowest BCUT2D eigenvalue weighted by molar-refractivity contribution is -0.128. The van der Waals surface area contributed by atoms with Crippen molar-refractivity contribution < 1.29 is 9.53 Å². The van der Waals surface area contributed by atoms with E-state index in [1.807, 2.05) is 19.1 Å². The van der Waals surface area contributed by atoms with Gasteiger partial charge in [0.1, 0.15) is 5.75 Å². The number of halogens is 1. The van der Waals surface area contributed by atoms with Gasteiger partial charge < -0.3 is 10.1 Å². The second-order valence-electron chi connectivity index (χ2n) is 7.18. The minimum Gasteiger partial charge on any atom is -0.481 e. The first kappa shape index (κ1) is 19.8. The van der Waals surface area contributed by atoms with Gasteiger partial charge in [0.15, 0.2) is 6.10 Å². The van der Waals surface area contributed by atoms with E-state index in [2.05, 4.69) is 30.4 Å². The molecule has 0 aliphatic heterocycles. The second kappa shape index (κ2) is 9.27. The Balaban J connectivity index is 1.69. The molecule has 0 saturated carbocycles. The predicted molar refractivity (Wildman–Crippen MR) is 110 cm³/mol. The molecule has 0 aromatic heterocycles. The molecular formula is C23H28ClNO2. The molecule has 3 nitrogen and oxygen atoms in total. The summed E-state index contributed by atoms with van der Waals surface area (Å²) >= 11 is 6.02. The smallest absolute Gasteiger partial charge is 0.261 e. The zero-order chi connectivity index (χ0) is 19.2. The standard InChI is InChI=1S/C23H28ClNO2/c1-3-21(18-13-12-16-8-5-6-9-17(16)14-18)25-23(26)22(4-2)27-20-11-7-10-19(24)15-20/h7,10-15,21-22H,3-6,8-9H2,1-2H3,(H,25,26)/t21-,22-/m1/s1. The average Bonchev–Trinajstić information content (AvgIpc) is 2.69. The van der Waals surface area contributed by atoms with Gasteiger partial charge in [-0.05, 0) is 73.4 Å². The highest BCUT2D eigenvalue weighted by atomic mass is 35.5. The summed E-state index contributed by atoms with van der Waals surface area (Å²) in [4.78, 5) is 12.8. The highest BCUT2D eigenvalue weighted by Gasteiger charge is 2.22. The van der Waals surface area contributed by atoms with E-state index in [1.165, 1.54) is 36.0 Å². The molecule has 3 rings (SSSR count). The number of amides is 1. The summed E-state index contributed by atoms with van der Waals surface area (Å²) in [5.74, 6) is 0.536. The Kier molecular flexibility index (Phi) is 6.78. The monoisotopic (exact) mass is 385 g/mol. The van der Waals surface area contributed by atoms with Crippen LogP contribution in [0.25, 0.3) is 0 Å². The molecule has 0 fully saturated rings. The minimum atomic E-state index is -0.532. The van der Waals surface area contributed by atoms with Crippen molar-refractivity contribution in [1.29, 1.82) is 0 Å². The van der Waals surface area contributed by atoms with Crippen molar-refractivity contribution in [2.45, 2.75) is 64.5 Å². The van der Waals surface area contributed by atoms with E-state index in [4.69, 9.17) is 16.3 Å². The fraction of sp³-hybridized carbons (Fsp3) is 0.435. The molecule has 2 atom stereocenters. The van der Waals surface area contributed by atoms with Gasteiger partial charge in [-0.3, -0.25) is 4.79 Å². The Bertz CT molecular complexity index is 790. The van der Waals surface area contributed by atoms with Gasteiger partial charge in [-0.25, -0.2) is 0 Å². The van der Waals surface area contributed by atoms with E-state index in [0.29, 0.717) is 17.2 Å². The minimum absolute atomic E-state index is 0.00161. The molecule has 1 N–H and O–H groups in total. The number of rotatable bonds is 7. The van der Waals surface area contributed by atoms with Crippen molar-refractivity contribution in [2.75, 3.05) is 0 Å². The molecule has 1 aliphatic rings. The highest BCUT2D eigenvalue weighted by Crippen LogP contribution is 2.26. The summed E-state index contributed by atoms with van der Waals surface area (Å²) in [7, 11) is 0. The number of ether oxygens (including phenoxy) is 1. The third kappa shape index (κ3) is 5.04. The lowest BCUT2D eigenvalue weighted by Crippen LogP contribution is -2.40. The van der Waals surface area contributed by atoms with E-state index in [9.17, 15) is 4.79 Å². The summed E-state index contributed by atoms with van der Waals surface area (Å²) < 4.78 is 5.88. The van der Waals surface area contributed by atoms with Crippen LogP contribution >= 0.6 is 11.6 Å². The molecule has 1 aliphatic carbocycles. The van der Waals surface area contributed by atoms with Crippen LogP contribution in [0.4, 0.5) is 0 Å². The molecule has 1 amide bonds. The molecule has 27 heavy (non-hydrogen) atoms. The van der Waals surface area contributed by atoms with E-state index in [1.54, 1.807) is 12.1 Å². The molecule has 0 bridgehead atoms. The zero-order valence-electron chi connectivity index (χ0n) is 16.1. The van der Waals surface area contributed by atoms with Crippen LogP contribution < -0.4 is 10.1 Å². The lowest BCUT2D eigenvalue weighted by atomic mass is 9.88. The number of hydrogen-bond donors (Lipinski definition) is 1. The number of benzene rings is 2. The van der Waals surface area contributed by atoms with Crippen LogP contribution in [0.2, 0.25) is 5.02 Å². The maximum atomic E-state index is 12.8. The summed E-state index contributed by atoms with van der Waals surface area (Å²) in [6, 6.07) is 13.9. The Morgan fingerprint density at radius 3 is 2.56 bits per heavy atom. The van der Waals surface area contributed by atoms with Crippen molar-refractivity contribution >= 4 is 17.5 Å². The normalized spacial score (nSPS) is 15.5. The Labute approximate surface area is 167 Å². The molecule has 144 valence electrons. The maximum absolute atomic E-state index is 12.8. The molecule has 0 unspecified atom stereocenters. The topological polar surface area (TPSA) is 38.3 Å². The third-order valence-corrected chi connectivity index (χ3v) is 5.47. The molecule has 2 aromatic carbocycles. The fourth-order valence-electron chi connectivity index (χ4n) is 3.68. The number of carbonyl (C=O) groups is 1. The van der Waals surface area contributed by atoms with Gasteiger partial charge in [0.25, 0.3) is 5.91 Å². The fourth-order valence-corrected chi connectivity index (χ4v) is 3.86. The van der Waals surface area contributed by atoms with Crippen molar-refractivity contribution in [3.63, 3.8) is 0 Å².